The van der Waals surface area contributed by atoms with Gasteiger partial charge in [0, 0.05) is 17.0 Å². The molecule has 1 aliphatic rings. The SMILES string of the molecule is Cc1c2c(c(C)c3c(C)cccc13)Oc1cc3ccc(CC(C)(C)C)cc3c3cc[n+](C)c-2c13. The number of hydrogen-bond donors (Lipinski definition) is 0. The third-order valence-electron chi connectivity index (χ3n) is 7.44. The number of aromatic nitrogens is 1. The summed E-state index contributed by atoms with van der Waals surface area (Å²) in [6.45, 7) is 13.6. The van der Waals surface area contributed by atoms with Gasteiger partial charge in [0.05, 0.1) is 10.9 Å². The van der Waals surface area contributed by atoms with Crippen LogP contribution < -0.4 is 9.30 Å². The van der Waals surface area contributed by atoms with Gasteiger partial charge < -0.3 is 4.74 Å². The summed E-state index contributed by atoms with van der Waals surface area (Å²) in [4.78, 5) is 0. The van der Waals surface area contributed by atoms with Crippen LogP contribution in [-0.4, -0.2) is 0 Å². The van der Waals surface area contributed by atoms with Crippen LogP contribution in [0.15, 0.2) is 54.7 Å². The minimum Gasteiger partial charge on any atom is -0.455 e. The number of ether oxygens (including phenoxy) is 1. The van der Waals surface area contributed by atoms with Crippen molar-refractivity contribution in [1.82, 2.24) is 0 Å². The number of pyridine rings is 1. The molecule has 0 spiro atoms. The summed E-state index contributed by atoms with van der Waals surface area (Å²) in [5.41, 5.74) is 7.91. The van der Waals surface area contributed by atoms with Crippen LogP contribution >= 0.6 is 0 Å². The highest BCUT2D eigenvalue weighted by atomic mass is 16.5. The Morgan fingerprint density at radius 3 is 2.38 bits per heavy atom. The van der Waals surface area contributed by atoms with Crippen molar-refractivity contribution < 1.29 is 9.30 Å². The van der Waals surface area contributed by atoms with E-state index < -0.39 is 0 Å². The standard InChI is InChI=1S/C32H32NO/c1-18-9-8-10-23-19(2)28-30-29-24(13-14-33(30)7)25-15-21(17-32(4,5)6)11-12-22(25)16-26(29)34-31(28)20(3)27(18)23/h8-16H,17H2,1-7H3/q+1. The molecule has 0 fully saturated rings. The molecule has 4 aromatic carbocycles. The fourth-order valence-electron chi connectivity index (χ4n) is 6.01. The second-order valence-electron chi connectivity index (χ2n) is 11.3. The highest BCUT2D eigenvalue weighted by molar-refractivity contribution is 6.16. The third-order valence-corrected chi connectivity index (χ3v) is 7.44. The van der Waals surface area contributed by atoms with Crippen molar-refractivity contribution >= 4 is 32.3 Å². The van der Waals surface area contributed by atoms with E-state index in [1.54, 1.807) is 0 Å². The van der Waals surface area contributed by atoms with Crippen molar-refractivity contribution in [1.29, 1.82) is 0 Å². The maximum Gasteiger partial charge on any atom is 0.228 e. The number of nitrogens with zero attached hydrogens (tertiary/aromatic N) is 1. The van der Waals surface area contributed by atoms with E-state index in [1.165, 1.54) is 65.8 Å². The van der Waals surface area contributed by atoms with Crippen molar-refractivity contribution in [2.45, 2.75) is 48.0 Å². The third kappa shape index (κ3) is 2.98. The first-order chi connectivity index (χ1) is 16.1. The fraction of sp³-hybridized carbons (Fsp3) is 0.281. The van der Waals surface area contributed by atoms with E-state index >= 15 is 0 Å². The van der Waals surface area contributed by atoms with Crippen LogP contribution in [0.2, 0.25) is 0 Å². The quantitative estimate of drug-likeness (QED) is 0.183. The molecule has 0 saturated heterocycles. The van der Waals surface area contributed by atoms with Crippen LogP contribution in [-0.2, 0) is 13.5 Å². The fourth-order valence-corrected chi connectivity index (χ4v) is 6.01. The van der Waals surface area contributed by atoms with Crippen LogP contribution in [0.25, 0.3) is 43.6 Å². The molecule has 2 heteroatoms. The summed E-state index contributed by atoms with van der Waals surface area (Å²) in [5.74, 6) is 1.96. The molecule has 0 aliphatic carbocycles. The topological polar surface area (TPSA) is 13.1 Å². The molecule has 1 aliphatic heterocycles. The molecule has 2 nitrogen and oxygen atoms in total. The molecule has 170 valence electrons. The van der Waals surface area contributed by atoms with Gasteiger partial charge in [-0.1, -0.05) is 57.2 Å². The van der Waals surface area contributed by atoms with Crippen molar-refractivity contribution in [3.05, 3.63) is 77.0 Å². The van der Waals surface area contributed by atoms with Gasteiger partial charge in [-0.3, -0.25) is 0 Å². The second-order valence-corrected chi connectivity index (χ2v) is 11.3. The number of hydrogen-bond acceptors (Lipinski definition) is 1. The summed E-state index contributed by atoms with van der Waals surface area (Å²) >= 11 is 0. The minimum atomic E-state index is 0.252. The number of aryl methyl sites for hydroxylation is 4. The van der Waals surface area contributed by atoms with E-state index in [9.17, 15) is 0 Å². The van der Waals surface area contributed by atoms with Gasteiger partial charge in [0.1, 0.15) is 18.5 Å². The first-order valence-corrected chi connectivity index (χ1v) is 12.2. The van der Waals surface area contributed by atoms with Gasteiger partial charge in [-0.2, -0.15) is 0 Å². The van der Waals surface area contributed by atoms with E-state index in [0.717, 1.165) is 17.9 Å². The predicted octanol–water partition coefficient (Wildman–Crippen LogP) is 8.26. The van der Waals surface area contributed by atoms with Gasteiger partial charge in [-0.05, 0) is 76.9 Å². The monoisotopic (exact) mass is 446 g/mol. The number of fused-ring (bicyclic) bond motifs is 5. The highest BCUT2D eigenvalue weighted by Crippen LogP contribution is 2.52. The molecule has 2 heterocycles. The molecule has 1 aromatic heterocycles. The molecule has 0 bridgehead atoms. The van der Waals surface area contributed by atoms with Gasteiger partial charge in [0.2, 0.25) is 5.69 Å². The normalized spacial score (nSPS) is 12.9. The van der Waals surface area contributed by atoms with Crippen molar-refractivity contribution in [2.24, 2.45) is 12.5 Å². The molecule has 6 rings (SSSR count). The van der Waals surface area contributed by atoms with Crippen LogP contribution in [0.1, 0.15) is 43.0 Å². The highest BCUT2D eigenvalue weighted by Gasteiger charge is 2.32. The Morgan fingerprint density at radius 1 is 0.824 bits per heavy atom. The average molecular weight is 447 g/mol. The lowest BCUT2D eigenvalue weighted by molar-refractivity contribution is -0.659. The summed E-state index contributed by atoms with van der Waals surface area (Å²) in [7, 11) is 2.16. The average Bonchev–Trinajstić information content (AvgIpc) is 2.77. The number of rotatable bonds is 1. The Hall–Kier alpha value is -3.39. The summed E-state index contributed by atoms with van der Waals surface area (Å²) in [6.07, 6.45) is 3.27. The van der Waals surface area contributed by atoms with Crippen molar-refractivity contribution in [2.75, 3.05) is 0 Å². The summed E-state index contributed by atoms with van der Waals surface area (Å²) in [5, 5.41) is 7.64. The molecule has 0 N–H and O–H groups in total. The van der Waals surface area contributed by atoms with E-state index in [-0.39, 0.29) is 5.41 Å². The van der Waals surface area contributed by atoms with Crippen LogP contribution in [0.4, 0.5) is 0 Å². The van der Waals surface area contributed by atoms with E-state index in [2.05, 4.69) is 108 Å². The Labute approximate surface area is 201 Å². The maximum absolute atomic E-state index is 6.78. The van der Waals surface area contributed by atoms with Gasteiger partial charge in [-0.25, -0.2) is 4.57 Å². The molecule has 0 radical (unpaired) electrons. The lowest BCUT2D eigenvalue weighted by atomic mass is 9.85. The van der Waals surface area contributed by atoms with E-state index in [4.69, 9.17) is 4.74 Å². The largest absolute Gasteiger partial charge is 0.455 e. The van der Waals surface area contributed by atoms with Crippen molar-refractivity contribution in [3.63, 3.8) is 0 Å². The predicted molar refractivity (Wildman–Crippen MR) is 143 cm³/mol. The zero-order chi connectivity index (χ0) is 23.9. The van der Waals surface area contributed by atoms with Gasteiger partial charge in [0.15, 0.2) is 6.20 Å². The first-order valence-electron chi connectivity index (χ1n) is 12.2. The Bertz CT molecular complexity index is 1670. The van der Waals surface area contributed by atoms with Gasteiger partial charge in [-0.15, -0.1) is 0 Å². The smallest absolute Gasteiger partial charge is 0.228 e. The lowest BCUT2D eigenvalue weighted by Crippen LogP contribution is -2.32. The number of benzene rings is 4. The Kier molecular flexibility index (Phi) is 4.39. The van der Waals surface area contributed by atoms with Crippen molar-refractivity contribution in [3.8, 4) is 22.8 Å². The zero-order valence-electron chi connectivity index (χ0n) is 21.3. The maximum atomic E-state index is 6.78. The van der Waals surface area contributed by atoms with Crippen LogP contribution in [0.5, 0.6) is 11.5 Å². The minimum absolute atomic E-state index is 0.252. The molecule has 5 aromatic rings. The van der Waals surface area contributed by atoms with Gasteiger partial charge in [0.25, 0.3) is 0 Å². The summed E-state index contributed by atoms with van der Waals surface area (Å²) in [6, 6.07) is 18.0. The molecular formula is C32H32NO+. The van der Waals surface area contributed by atoms with E-state index in [0.29, 0.717) is 0 Å². The van der Waals surface area contributed by atoms with Gasteiger partial charge >= 0.3 is 0 Å². The Morgan fingerprint density at radius 2 is 1.62 bits per heavy atom. The lowest BCUT2D eigenvalue weighted by Gasteiger charge is -2.25. The molecule has 0 saturated carbocycles. The molecule has 0 amide bonds. The van der Waals surface area contributed by atoms with Crippen LogP contribution in [0, 0.1) is 26.2 Å². The zero-order valence-corrected chi connectivity index (χ0v) is 21.3. The second kappa shape index (κ2) is 7.06. The molecule has 0 atom stereocenters. The molecule has 34 heavy (non-hydrogen) atoms. The molecular weight excluding hydrogens is 414 g/mol. The Balaban J connectivity index is 1.74. The first kappa shape index (κ1) is 21.2. The molecule has 0 unspecified atom stereocenters. The summed E-state index contributed by atoms with van der Waals surface area (Å²) < 4.78 is 9.05. The van der Waals surface area contributed by atoms with Crippen LogP contribution in [0.3, 0.4) is 0 Å². The van der Waals surface area contributed by atoms with E-state index in [1.807, 2.05) is 0 Å².